The Morgan fingerprint density at radius 3 is 2.09 bits per heavy atom. The van der Waals surface area contributed by atoms with Crippen molar-refractivity contribution in [2.75, 3.05) is 18.4 Å². The van der Waals surface area contributed by atoms with Crippen LogP contribution in [0.3, 0.4) is 0 Å². The second-order valence-electron chi connectivity index (χ2n) is 13.5. The maximum absolute atomic E-state index is 13.5. The van der Waals surface area contributed by atoms with Crippen LogP contribution in [0.5, 0.6) is 17.2 Å². The number of nitrogens with two attached hydrogens (primary N) is 1. The van der Waals surface area contributed by atoms with Gasteiger partial charge in [-0.05, 0) is 79.6 Å². The highest BCUT2D eigenvalue weighted by Gasteiger charge is 2.29. The Labute approximate surface area is 345 Å². The van der Waals surface area contributed by atoms with E-state index in [1.54, 1.807) is 74.5 Å². The molecule has 57 heavy (non-hydrogen) atoms. The van der Waals surface area contributed by atoms with E-state index in [9.17, 15) is 28.8 Å². The van der Waals surface area contributed by atoms with Crippen molar-refractivity contribution in [3.63, 3.8) is 0 Å². The first-order valence-corrected chi connectivity index (χ1v) is 19.4. The molecule has 17 heteroatoms. The van der Waals surface area contributed by atoms with Crippen LogP contribution < -0.4 is 36.5 Å². The number of unbranched alkanes of at least 4 members (excludes halogenated alkanes) is 2. The number of ether oxygens (including phenoxy) is 2. The normalized spacial score (nSPS) is 13.3. The molecule has 7 amide bonds. The smallest absolute Gasteiger partial charge is 0.312 e. The monoisotopic (exact) mass is 842 g/mol. The summed E-state index contributed by atoms with van der Waals surface area (Å²) in [6, 6.07) is 14.0. The van der Waals surface area contributed by atoms with Crippen LogP contribution in [-0.2, 0) is 30.6 Å². The van der Waals surface area contributed by atoms with E-state index in [0.717, 1.165) is 10.5 Å². The maximum Gasteiger partial charge on any atom is 0.312 e. The van der Waals surface area contributed by atoms with E-state index in [4.69, 9.17) is 50.0 Å². The SMILES string of the molecule is CC(C)[C@H](NC(=O)CCCCCN1C(=O)C=CC1=O)C(=O)N[C@@H](CCCNC(N)=O)C(=O)Nc1ccc(COc2cc(Cl)ccc2Oc2ccc(Cl)cc2Cl)cc1. The summed E-state index contributed by atoms with van der Waals surface area (Å²) in [5, 5.41) is 12.1. The highest BCUT2D eigenvalue weighted by atomic mass is 35.5. The number of hydrogen-bond donors (Lipinski definition) is 5. The summed E-state index contributed by atoms with van der Waals surface area (Å²) in [6.07, 6.45) is 4.69. The number of carbonyl (C=O) groups excluding carboxylic acids is 6. The number of carbonyl (C=O) groups is 6. The van der Waals surface area contributed by atoms with Gasteiger partial charge in [0, 0.05) is 53.5 Å². The minimum absolute atomic E-state index is 0.130. The van der Waals surface area contributed by atoms with E-state index in [1.165, 1.54) is 12.2 Å². The van der Waals surface area contributed by atoms with Gasteiger partial charge in [0.1, 0.15) is 24.4 Å². The third-order valence-corrected chi connectivity index (χ3v) is 9.45. The van der Waals surface area contributed by atoms with Crippen molar-refractivity contribution in [1.29, 1.82) is 0 Å². The average Bonchev–Trinajstić information content (AvgIpc) is 3.48. The molecule has 3 aromatic rings. The first-order valence-electron chi connectivity index (χ1n) is 18.3. The molecule has 4 rings (SSSR count). The van der Waals surface area contributed by atoms with Crippen LogP contribution in [-0.4, -0.2) is 65.6 Å². The number of urea groups is 1. The molecule has 1 aliphatic rings. The minimum atomic E-state index is -1.02. The quantitative estimate of drug-likeness (QED) is 0.0590. The highest BCUT2D eigenvalue weighted by molar-refractivity contribution is 6.35. The molecule has 0 spiro atoms. The minimum Gasteiger partial charge on any atom is -0.485 e. The molecule has 0 fully saturated rings. The predicted molar refractivity (Wildman–Crippen MR) is 217 cm³/mol. The van der Waals surface area contributed by atoms with Crippen molar-refractivity contribution in [3.05, 3.63) is 93.4 Å². The number of anilines is 1. The van der Waals surface area contributed by atoms with Crippen LogP contribution in [0.4, 0.5) is 10.5 Å². The Hall–Kier alpha value is -5.31. The van der Waals surface area contributed by atoms with Gasteiger partial charge in [-0.25, -0.2) is 4.79 Å². The summed E-state index contributed by atoms with van der Waals surface area (Å²) in [4.78, 5) is 75.7. The van der Waals surface area contributed by atoms with E-state index in [0.29, 0.717) is 63.7 Å². The molecule has 14 nitrogen and oxygen atoms in total. The topological polar surface area (TPSA) is 198 Å². The molecule has 1 heterocycles. The van der Waals surface area contributed by atoms with E-state index < -0.39 is 29.9 Å². The molecule has 0 saturated carbocycles. The van der Waals surface area contributed by atoms with Gasteiger partial charge < -0.3 is 36.5 Å². The van der Waals surface area contributed by atoms with Gasteiger partial charge in [0.15, 0.2) is 11.5 Å². The summed E-state index contributed by atoms with van der Waals surface area (Å²) in [5.74, 6) is -1.28. The van der Waals surface area contributed by atoms with Crippen LogP contribution in [0, 0.1) is 5.92 Å². The molecule has 0 bridgehead atoms. The fourth-order valence-electron chi connectivity index (χ4n) is 5.64. The largest absolute Gasteiger partial charge is 0.485 e. The van der Waals surface area contributed by atoms with Crippen molar-refractivity contribution in [2.24, 2.45) is 11.7 Å². The Balaban J connectivity index is 1.33. The summed E-state index contributed by atoms with van der Waals surface area (Å²) >= 11 is 18.5. The highest BCUT2D eigenvalue weighted by Crippen LogP contribution is 2.38. The third kappa shape index (κ3) is 14.3. The second kappa shape index (κ2) is 21.8. The van der Waals surface area contributed by atoms with Gasteiger partial charge in [-0.2, -0.15) is 0 Å². The van der Waals surface area contributed by atoms with Gasteiger partial charge in [-0.1, -0.05) is 67.2 Å². The number of primary amides is 1. The van der Waals surface area contributed by atoms with Gasteiger partial charge in [-0.15, -0.1) is 0 Å². The number of nitrogens with zero attached hydrogens (tertiary/aromatic N) is 1. The molecular formula is C40H45Cl3N6O8. The van der Waals surface area contributed by atoms with E-state index in [1.807, 2.05) is 0 Å². The first-order chi connectivity index (χ1) is 27.2. The zero-order chi connectivity index (χ0) is 41.5. The lowest BCUT2D eigenvalue weighted by Gasteiger charge is -2.25. The lowest BCUT2D eigenvalue weighted by Crippen LogP contribution is -2.54. The van der Waals surface area contributed by atoms with Crippen LogP contribution in [0.15, 0.2) is 72.8 Å². The Kier molecular flexibility index (Phi) is 17.0. The first kappa shape index (κ1) is 44.4. The molecule has 304 valence electrons. The number of amides is 7. The van der Waals surface area contributed by atoms with Crippen LogP contribution in [0.25, 0.3) is 0 Å². The van der Waals surface area contributed by atoms with Gasteiger partial charge >= 0.3 is 6.03 Å². The standard InChI is InChI=1S/C40H45Cl3N6O8/c1-24(2)37(48-34(50)8-4-3-5-20-49-35(51)17-18-36(49)52)39(54)47-30(7-6-19-45-40(44)55)38(53)46-28-13-9-25(10-14-28)23-56-33-22-27(42)12-16-32(33)57-31-15-11-26(41)21-29(31)43/h9-18,21-22,24,30,37H,3-8,19-20,23H2,1-2H3,(H,46,53)(H,47,54)(H,48,50)(H3,44,45,55)/t30-,37-/m0/s1. The fourth-order valence-corrected chi connectivity index (χ4v) is 6.25. The summed E-state index contributed by atoms with van der Waals surface area (Å²) < 4.78 is 12.0. The number of nitrogens with one attached hydrogen (secondary N) is 4. The Morgan fingerprint density at radius 2 is 1.44 bits per heavy atom. The molecule has 0 aliphatic carbocycles. The number of imide groups is 1. The van der Waals surface area contributed by atoms with Gasteiger partial charge in [0.05, 0.1) is 5.02 Å². The lowest BCUT2D eigenvalue weighted by atomic mass is 10.0. The molecule has 3 aromatic carbocycles. The lowest BCUT2D eigenvalue weighted by molar-refractivity contribution is -0.137. The van der Waals surface area contributed by atoms with Gasteiger partial charge in [0.25, 0.3) is 11.8 Å². The van der Waals surface area contributed by atoms with Crippen molar-refractivity contribution in [3.8, 4) is 17.2 Å². The van der Waals surface area contributed by atoms with E-state index in [2.05, 4.69) is 21.3 Å². The zero-order valence-corrected chi connectivity index (χ0v) is 33.7. The second-order valence-corrected chi connectivity index (χ2v) is 14.8. The maximum atomic E-state index is 13.5. The van der Waals surface area contributed by atoms with E-state index in [-0.39, 0.29) is 56.2 Å². The van der Waals surface area contributed by atoms with Crippen LogP contribution >= 0.6 is 34.8 Å². The number of hydrogen-bond acceptors (Lipinski definition) is 8. The third-order valence-electron chi connectivity index (χ3n) is 8.69. The number of benzene rings is 3. The van der Waals surface area contributed by atoms with Gasteiger partial charge in [0.2, 0.25) is 17.7 Å². The molecule has 0 radical (unpaired) electrons. The predicted octanol–water partition coefficient (Wildman–Crippen LogP) is 6.52. The fraction of sp³-hybridized carbons (Fsp3) is 0.350. The van der Waals surface area contributed by atoms with Gasteiger partial charge in [-0.3, -0.25) is 28.9 Å². The molecule has 2 atom stereocenters. The molecule has 0 aromatic heterocycles. The van der Waals surface area contributed by atoms with E-state index >= 15 is 0 Å². The summed E-state index contributed by atoms with van der Waals surface area (Å²) in [7, 11) is 0. The molecule has 6 N–H and O–H groups in total. The van der Waals surface area contributed by atoms with Crippen molar-refractivity contribution < 1.29 is 38.2 Å². The summed E-state index contributed by atoms with van der Waals surface area (Å²) in [6.45, 7) is 4.12. The Morgan fingerprint density at radius 1 is 0.772 bits per heavy atom. The number of halogens is 3. The van der Waals surface area contributed by atoms with Crippen LogP contribution in [0.1, 0.15) is 57.9 Å². The van der Waals surface area contributed by atoms with Crippen molar-refractivity contribution in [1.82, 2.24) is 20.9 Å². The van der Waals surface area contributed by atoms with Crippen molar-refractivity contribution in [2.45, 2.75) is 71.1 Å². The Bertz CT molecular complexity index is 1940. The molecule has 0 unspecified atom stereocenters. The molecule has 0 saturated heterocycles. The number of rotatable bonds is 21. The summed E-state index contributed by atoms with van der Waals surface area (Å²) in [5.41, 5.74) is 6.39. The molecule has 1 aliphatic heterocycles. The van der Waals surface area contributed by atoms with Crippen molar-refractivity contribution >= 4 is 76.1 Å². The molecular weight excluding hydrogens is 799 g/mol. The van der Waals surface area contributed by atoms with Crippen LogP contribution in [0.2, 0.25) is 15.1 Å². The average molecular weight is 844 g/mol. The zero-order valence-electron chi connectivity index (χ0n) is 31.4.